The van der Waals surface area contributed by atoms with Crippen molar-refractivity contribution in [2.75, 3.05) is 6.54 Å². The molecule has 3 aromatic rings. The molecule has 182 valence electrons. The van der Waals surface area contributed by atoms with E-state index in [0.29, 0.717) is 46.8 Å². The summed E-state index contributed by atoms with van der Waals surface area (Å²) >= 11 is 6.28. The Balaban J connectivity index is 2.13. The minimum absolute atomic E-state index is 0.0890. The third-order valence-electron chi connectivity index (χ3n) is 6.07. The topological polar surface area (TPSA) is 55.2 Å². The quantitative estimate of drug-likeness (QED) is 0.355. The van der Waals surface area contributed by atoms with Crippen LogP contribution in [0.1, 0.15) is 72.7 Å². The summed E-state index contributed by atoms with van der Waals surface area (Å²) in [6, 6.07) is 14.2. The third kappa shape index (κ3) is 5.87. The lowest BCUT2D eigenvalue weighted by atomic mass is 9.84. The maximum atomic E-state index is 13.7. The lowest BCUT2D eigenvalue weighted by molar-refractivity contribution is -0.134. The highest BCUT2D eigenvalue weighted by Crippen LogP contribution is 2.30. The molecule has 0 N–H and O–H groups in total. The Hall–Kier alpha value is -2.66. The Kier molecular flexibility index (Phi) is 8.19. The molecular weight excluding hydrogens is 446 g/mol. The number of carbonyl (C=O) groups is 1. The van der Waals surface area contributed by atoms with E-state index < -0.39 is 0 Å². The van der Waals surface area contributed by atoms with Crippen molar-refractivity contribution in [3.8, 4) is 5.69 Å². The minimum atomic E-state index is -0.337. The van der Waals surface area contributed by atoms with Gasteiger partial charge in [0.25, 0.3) is 5.56 Å². The second kappa shape index (κ2) is 10.7. The van der Waals surface area contributed by atoms with Gasteiger partial charge in [-0.05, 0) is 61.4 Å². The molecule has 2 unspecified atom stereocenters. The highest BCUT2D eigenvalue weighted by atomic mass is 35.5. The fourth-order valence-corrected chi connectivity index (χ4v) is 5.07. The van der Waals surface area contributed by atoms with Crippen LogP contribution in [0.4, 0.5) is 0 Å². The number of rotatable bonds is 8. The number of hydrogen-bond acceptors (Lipinski definition) is 3. The van der Waals surface area contributed by atoms with Gasteiger partial charge in [0, 0.05) is 18.0 Å². The summed E-state index contributed by atoms with van der Waals surface area (Å²) in [7, 11) is 0. The van der Waals surface area contributed by atoms with Gasteiger partial charge < -0.3 is 4.90 Å². The van der Waals surface area contributed by atoms with Gasteiger partial charge in [-0.15, -0.1) is 0 Å². The van der Waals surface area contributed by atoms with Crippen LogP contribution in [0.5, 0.6) is 0 Å². The summed E-state index contributed by atoms with van der Waals surface area (Å²) in [6.07, 6.45) is 2.07. The van der Waals surface area contributed by atoms with E-state index in [9.17, 15) is 9.59 Å². The molecule has 0 saturated carbocycles. The number of halogens is 1. The molecule has 3 rings (SSSR count). The van der Waals surface area contributed by atoms with Gasteiger partial charge in [0.2, 0.25) is 5.91 Å². The first-order valence-electron chi connectivity index (χ1n) is 12.1. The molecule has 1 amide bonds. The van der Waals surface area contributed by atoms with Crippen LogP contribution in [0, 0.1) is 11.3 Å². The van der Waals surface area contributed by atoms with Crippen LogP contribution in [0.15, 0.2) is 53.3 Å². The van der Waals surface area contributed by atoms with Gasteiger partial charge in [-0.2, -0.15) is 0 Å². The second-order valence-electron chi connectivity index (χ2n) is 10.3. The van der Waals surface area contributed by atoms with Crippen molar-refractivity contribution >= 4 is 28.4 Å². The number of aromatic nitrogens is 2. The molecule has 5 nitrogen and oxygen atoms in total. The van der Waals surface area contributed by atoms with Crippen molar-refractivity contribution in [1.82, 2.24) is 14.5 Å². The predicted molar refractivity (Wildman–Crippen MR) is 141 cm³/mol. The molecule has 1 heterocycles. The largest absolute Gasteiger partial charge is 0.333 e. The normalized spacial score (nSPS) is 13.6. The van der Waals surface area contributed by atoms with E-state index >= 15 is 0 Å². The van der Waals surface area contributed by atoms with Gasteiger partial charge in [-0.3, -0.25) is 14.2 Å². The molecule has 0 aliphatic rings. The molecule has 0 radical (unpaired) electrons. The fraction of sp³-hybridized carbons (Fsp3) is 0.464. The van der Waals surface area contributed by atoms with Crippen LogP contribution in [0.2, 0.25) is 5.02 Å². The Morgan fingerprint density at radius 1 is 1.12 bits per heavy atom. The van der Waals surface area contributed by atoms with E-state index in [1.54, 1.807) is 22.8 Å². The van der Waals surface area contributed by atoms with Crippen LogP contribution in [0.3, 0.4) is 0 Å². The Morgan fingerprint density at radius 3 is 2.44 bits per heavy atom. The zero-order valence-corrected chi connectivity index (χ0v) is 21.9. The molecule has 2 atom stereocenters. The molecule has 2 aromatic carbocycles. The lowest BCUT2D eigenvalue weighted by Crippen LogP contribution is -2.39. The van der Waals surface area contributed by atoms with Crippen molar-refractivity contribution in [2.45, 2.75) is 66.8 Å². The standard InChI is InChI=1S/C28H36ClN3O2/c1-7-24(31(8-2)25(33)16-19(3)18-28(4,5)6)26-30-23-15-10-9-14-22(23)27(34)32(26)21-13-11-12-20(29)17-21/h9-15,17,19,24H,7-8,16,18H2,1-6H3. The average Bonchev–Trinajstić information content (AvgIpc) is 2.75. The Morgan fingerprint density at radius 2 is 1.82 bits per heavy atom. The van der Waals surface area contributed by atoms with E-state index in [2.05, 4.69) is 27.7 Å². The molecule has 1 aromatic heterocycles. The first-order valence-corrected chi connectivity index (χ1v) is 12.5. The molecule has 0 aliphatic carbocycles. The molecule has 6 heteroatoms. The van der Waals surface area contributed by atoms with Gasteiger partial charge in [0.05, 0.1) is 22.6 Å². The van der Waals surface area contributed by atoms with Crippen molar-refractivity contribution < 1.29 is 4.79 Å². The van der Waals surface area contributed by atoms with Gasteiger partial charge in [0.1, 0.15) is 5.82 Å². The van der Waals surface area contributed by atoms with Crippen LogP contribution in [-0.4, -0.2) is 26.9 Å². The van der Waals surface area contributed by atoms with Crippen LogP contribution < -0.4 is 5.56 Å². The summed E-state index contributed by atoms with van der Waals surface area (Å²) in [5.41, 5.74) is 1.27. The molecule has 34 heavy (non-hydrogen) atoms. The van der Waals surface area contributed by atoms with Crippen LogP contribution in [0.25, 0.3) is 16.6 Å². The number of benzene rings is 2. The molecule has 0 aliphatic heterocycles. The number of para-hydroxylation sites is 1. The number of nitrogens with zero attached hydrogens (tertiary/aromatic N) is 3. The SMILES string of the molecule is CCC(c1nc2ccccc2c(=O)n1-c1cccc(Cl)c1)N(CC)C(=O)CC(C)CC(C)(C)C. The summed E-state index contributed by atoms with van der Waals surface area (Å²) in [4.78, 5) is 34.0. The van der Waals surface area contributed by atoms with Gasteiger partial charge in [-0.1, -0.05) is 64.4 Å². The predicted octanol–water partition coefficient (Wildman–Crippen LogP) is 6.80. The molecule has 0 spiro atoms. The number of fused-ring (bicyclic) bond motifs is 1. The molecule has 0 fully saturated rings. The van der Waals surface area contributed by atoms with Crippen molar-refractivity contribution in [1.29, 1.82) is 0 Å². The zero-order chi connectivity index (χ0) is 25.0. The Bertz CT molecular complexity index is 1210. The Labute approximate surface area is 207 Å². The van der Waals surface area contributed by atoms with Crippen LogP contribution in [-0.2, 0) is 4.79 Å². The van der Waals surface area contributed by atoms with E-state index in [0.717, 1.165) is 6.42 Å². The van der Waals surface area contributed by atoms with Gasteiger partial charge in [0.15, 0.2) is 0 Å². The summed E-state index contributed by atoms with van der Waals surface area (Å²) in [5.74, 6) is 0.914. The van der Waals surface area contributed by atoms with E-state index in [1.807, 2.05) is 49.1 Å². The first-order chi connectivity index (χ1) is 16.1. The summed E-state index contributed by atoms with van der Waals surface area (Å²) in [5, 5.41) is 1.07. The highest BCUT2D eigenvalue weighted by Gasteiger charge is 2.29. The summed E-state index contributed by atoms with van der Waals surface area (Å²) in [6.45, 7) is 13.3. The number of amides is 1. The fourth-order valence-electron chi connectivity index (χ4n) is 4.88. The smallest absolute Gasteiger partial charge is 0.266 e. The highest BCUT2D eigenvalue weighted by molar-refractivity contribution is 6.30. The van der Waals surface area contributed by atoms with Gasteiger partial charge >= 0.3 is 0 Å². The second-order valence-corrected chi connectivity index (χ2v) is 10.7. The van der Waals surface area contributed by atoms with E-state index in [-0.39, 0.29) is 28.8 Å². The van der Waals surface area contributed by atoms with Crippen molar-refractivity contribution in [3.05, 3.63) is 69.7 Å². The van der Waals surface area contributed by atoms with E-state index in [4.69, 9.17) is 16.6 Å². The monoisotopic (exact) mass is 481 g/mol. The molecule has 0 bridgehead atoms. The molecular formula is C28H36ClN3O2. The first kappa shape index (κ1) is 26.0. The lowest BCUT2D eigenvalue weighted by Gasteiger charge is -2.33. The minimum Gasteiger partial charge on any atom is -0.333 e. The number of hydrogen-bond donors (Lipinski definition) is 0. The maximum absolute atomic E-state index is 13.7. The zero-order valence-electron chi connectivity index (χ0n) is 21.1. The molecule has 0 saturated heterocycles. The number of carbonyl (C=O) groups excluding carboxylic acids is 1. The average molecular weight is 482 g/mol. The maximum Gasteiger partial charge on any atom is 0.266 e. The van der Waals surface area contributed by atoms with Crippen molar-refractivity contribution in [2.24, 2.45) is 11.3 Å². The van der Waals surface area contributed by atoms with Gasteiger partial charge in [-0.25, -0.2) is 4.98 Å². The third-order valence-corrected chi connectivity index (χ3v) is 6.31. The van der Waals surface area contributed by atoms with Crippen LogP contribution >= 0.6 is 11.6 Å². The van der Waals surface area contributed by atoms with E-state index in [1.165, 1.54) is 0 Å². The summed E-state index contributed by atoms with van der Waals surface area (Å²) < 4.78 is 1.62. The van der Waals surface area contributed by atoms with Crippen molar-refractivity contribution in [3.63, 3.8) is 0 Å².